The van der Waals surface area contributed by atoms with Crippen molar-refractivity contribution >= 4 is 36.0 Å². The van der Waals surface area contributed by atoms with E-state index >= 15 is 0 Å². The Morgan fingerprint density at radius 3 is 1.58 bits per heavy atom. The Balaban J connectivity index is 2.68. The summed E-state index contributed by atoms with van der Waals surface area (Å²) < 4.78 is 28.0. The van der Waals surface area contributed by atoms with Crippen LogP contribution < -0.4 is 10.5 Å². The molecule has 0 radical (unpaired) electrons. The van der Waals surface area contributed by atoms with Gasteiger partial charge in [-0.2, -0.15) is 0 Å². The first-order valence-electron chi connectivity index (χ1n) is 15.5. The number of ether oxygens (including phenoxy) is 5. The van der Waals surface area contributed by atoms with Gasteiger partial charge >= 0.3 is 24.4 Å². The Hall–Kier alpha value is -4.81. The topological polar surface area (TPSA) is 159 Å². The maximum atomic E-state index is 13.9. The molecule has 0 aromatic heterocycles. The van der Waals surface area contributed by atoms with Crippen LogP contribution in [0.25, 0.3) is 0 Å². The van der Waals surface area contributed by atoms with Crippen molar-refractivity contribution < 1.29 is 42.9 Å². The lowest BCUT2D eigenvalue weighted by Gasteiger charge is -2.33. The fourth-order valence-electron chi connectivity index (χ4n) is 3.71. The van der Waals surface area contributed by atoms with Gasteiger partial charge in [0.15, 0.2) is 0 Å². The highest BCUT2D eigenvalue weighted by Gasteiger charge is 2.41. The van der Waals surface area contributed by atoms with Gasteiger partial charge in [-0.25, -0.2) is 24.1 Å². The molecule has 0 saturated heterocycles. The van der Waals surface area contributed by atoms with E-state index in [0.717, 1.165) is 10.5 Å². The van der Waals surface area contributed by atoms with Crippen molar-refractivity contribution in [1.29, 1.82) is 0 Å². The Morgan fingerprint density at radius 1 is 0.646 bits per heavy atom. The van der Waals surface area contributed by atoms with E-state index in [1.165, 1.54) is 0 Å². The number of aliphatic imine (C=N–C) groups is 1. The number of rotatable bonds is 5. The third-order valence-corrected chi connectivity index (χ3v) is 5.41. The number of amides is 4. The number of benzene rings is 2. The molecule has 2 aromatic rings. The second-order valence-electron chi connectivity index (χ2n) is 14.9. The van der Waals surface area contributed by atoms with Gasteiger partial charge in [0.1, 0.15) is 34.8 Å². The van der Waals surface area contributed by atoms with Crippen LogP contribution in [-0.2, 0) is 32.1 Å². The number of hydrogen-bond acceptors (Lipinski definition) is 10. The van der Waals surface area contributed by atoms with Crippen LogP contribution in [0.1, 0.15) is 94.2 Å². The quantitative estimate of drug-likeness (QED) is 0.143. The maximum absolute atomic E-state index is 13.9. The summed E-state index contributed by atoms with van der Waals surface area (Å²) >= 11 is 0. The molecule has 0 unspecified atom stereocenters. The van der Waals surface area contributed by atoms with E-state index in [9.17, 15) is 19.2 Å². The molecule has 0 saturated carbocycles. The van der Waals surface area contributed by atoms with Crippen LogP contribution in [0.2, 0.25) is 0 Å². The molecule has 48 heavy (non-hydrogen) atoms. The van der Waals surface area contributed by atoms with E-state index in [1.54, 1.807) is 119 Å². The van der Waals surface area contributed by atoms with Gasteiger partial charge in [0, 0.05) is 5.69 Å². The van der Waals surface area contributed by atoms with Crippen LogP contribution in [0.15, 0.2) is 53.5 Å². The number of nitrogen functional groups attached to an aromatic ring is 1. The molecule has 4 amide bonds. The highest BCUT2D eigenvalue weighted by Crippen LogP contribution is 2.23. The van der Waals surface area contributed by atoms with Gasteiger partial charge < -0.3 is 29.4 Å². The van der Waals surface area contributed by atoms with Crippen molar-refractivity contribution in [3.8, 4) is 5.75 Å². The Labute approximate surface area is 283 Å². The van der Waals surface area contributed by atoms with Crippen LogP contribution in [0.4, 0.5) is 24.9 Å². The molecule has 0 aliphatic rings. The van der Waals surface area contributed by atoms with Gasteiger partial charge in [-0.15, -0.1) is 9.89 Å². The molecule has 2 N–H and O–H groups in total. The lowest BCUT2D eigenvalue weighted by atomic mass is 10.2. The van der Waals surface area contributed by atoms with E-state index in [1.807, 2.05) is 12.1 Å². The largest absolute Gasteiger partial charge is 0.489 e. The van der Waals surface area contributed by atoms with Gasteiger partial charge in [-0.1, -0.05) is 24.3 Å². The molecule has 264 valence electrons. The van der Waals surface area contributed by atoms with Crippen LogP contribution in [-0.4, -0.2) is 62.5 Å². The second-order valence-corrected chi connectivity index (χ2v) is 14.9. The maximum Gasteiger partial charge on any atom is 0.437 e. The fourth-order valence-corrected chi connectivity index (χ4v) is 3.71. The Morgan fingerprint density at radius 2 is 1.12 bits per heavy atom. The normalized spacial score (nSPS) is 12.5. The number of imide groups is 1. The Kier molecular flexibility index (Phi) is 12.6. The zero-order chi connectivity index (χ0) is 36.7. The average Bonchev–Trinajstić information content (AvgIpc) is 2.86. The lowest BCUT2D eigenvalue weighted by molar-refractivity contribution is 0.0103. The summed E-state index contributed by atoms with van der Waals surface area (Å²) in [7, 11) is 0. The number of carbonyl (C=O) groups excluding carboxylic acids is 4. The van der Waals surface area contributed by atoms with E-state index in [-0.39, 0.29) is 13.2 Å². The smallest absolute Gasteiger partial charge is 0.437 e. The molecule has 0 atom stereocenters. The van der Waals surface area contributed by atoms with Crippen molar-refractivity contribution in [3.05, 3.63) is 59.7 Å². The van der Waals surface area contributed by atoms with Gasteiger partial charge in [0.2, 0.25) is 5.96 Å². The molecular weight excluding hydrogens is 620 g/mol. The average molecular weight is 671 g/mol. The SMILES string of the molecule is CC(C)(C)OC(=O)N=C(N(Cc1ccc(OCc2cccc(N)c2)cc1)C(=O)OC(C)(C)C)N(C(=O)OC(C)(C)C)C(=O)OC(C)(C)C. The number of anilines is 1. The van der Waals surface area contributed by atoms with Gasteiger partial charge in [0.05, 0.1) is 6.54 Å². The zero-order valence-corrected chi connectivity index (χ0v) is 30.1. The summed E-state index contributed by atoms with van der Waals surface area (Å²) in [6, 6.07) is 14.0. The third kappa shape index (κ3) is 14.3. The minimum Gasteiger partial charge on any atom is -0.489 e. The van der Waals surface area contributed by atoms with Crippen LogP contribution in [0, 0.1) is 0 Å². The van der Waals surface area contributed by atoms with E-state index in [2.05, 4.69) is 4.99 Å². The molecule has 0 spiro atoms. The zero-order valence-electron chi connectivity index (χ0n) is 30.1. The highest BCUT2D eigenvalue weighted by molar-refractivity contribution is 6.13. The molecule has 2 rings (SSSR count). The van der Waals surface area contributed by atoms with Gasteiger partial charge in [-0.3, -0.25) is 0 Å². The third-order valence-electron chi connectivity index (χ3n) is 5.41. The molecule has 0 aliphatic carbocycles. The van der Waals surface area contributed by atoms with Crippen LogP contribution in [0.3, 0.4) is 0 Å². The molecular formula is C35H50N4O9. The number of carbonyl (C=O) groups is 4. The summed E-state index contributed by atoms with van der Waals surface area (Å²) in [5, 5.41) is 0. The molecule has 0 fully saturated rings. The fraction of sp³-hybridized carbons (Fsp3) is 0.514. The number of guanidine groups is 1. The molecule has 0 aliphatic heterocycles. The second kappa shape index (κ2) is 15.4. The summed E-state index contributed by atoms with van der Waals surface area (Å²) in [5.74, 6) is -0.222. The molecule has 13 nitrogen and oxygen atoms in total. The van der Waals surface area contributed by atoms with E-state index in [4.69, 9.17) is 29.4 Å². The minimum absolute atomic E-state index is 0.266. The van der Waals surface area contributed by atoms with Crippen molar-refractivity contribution in [2.45, 2.75) is 119 Å². The first-order chi connectivity index (χ1) is 21.8. The molecule has 0 heterocycles. The first-order valence-corrected chi connectivity index (χ1v) is 15.5. The highest BCUT2D eigenvalue weighted by atomic mass is 16.6. The number of nitrogens with two attached hydrogens (primary N) is 1. The molecule has 0 bridgehead atoms. The van der Waals surface area contributed by atoms with Crippen LogP contribution >= 0.6 is 0 Å². The predicted molar refractivity (Wildman–Crippen MR) is 181 cm³/mol. The summed E-state index contributed by atoms with van der Waals surface area (Å²) in [6.07, 6.45) is -4.71. The molecule has 13 heteroatoms. The summed E-state index contributed by atoms with van der Waals surface area (Å²) in [6.45, 7) is 19.2. The Bertz CT molecular complexity index is 1450. The minimum atomic E-state index is -1.25. The standard InChI is InChI=1S/C35H50N4O9/c1-32(2,3)45-28(40)37-27(39(30(42)47-34(7,8)9)31(43)48-35(10,11)12)38(29(41)46-33(4,5)6)21-23-16-18-26(19-17-23)44-22-24-14-13-15-25(36)20-24/h13-20H,21-22,36H2,1-12H3. The van der Waals surface area contributed by atoms with Crippen LogP contribution in [0.5, 0.6) is 5.75 Å². The monoisotopic (exact) mass is 670 g/mol. The number of nitrogens with zero attached hydrogens (tertiary/aromatic N) is 3. The van der Waals surface area contributed by atoms with Crippen molar-refractivity contribution in [3.63, 3.8) is 0 Å². The van der Waals surface area contributed by atoms with Crippen molar-refractivity contribution in [2.75, 3.05) is 5.73 Å². The first kappa shape index (κ1) is 39.4. The van der Waals surface area contributed by atoms with Crippen molar-refractivity contribution in [2.24, 2.45) is 4.99 Å². The lowest BCUT2D eigenvalue weighted by Crippen LogP contribution is -2.55. The summed E-state index contributed by atoms with van der Waals surface area (Å²) in [5.41, 5.74) is 3.65. The van der Waals surface area contributed by atoms with Gasteiger partial charge in [0.25, 0.3) is 0 Å². The van der Waals surface area contributed by atoms with Gasteiger partial charge in [-0.05, 0) is 118 Å². The molecule has 2 aromatic carbocycles. The predicted octanol–water partition coefficient (Wildman–Crippen LogP) is 8.05. The van der Waals surface area contributed by atoms with E-state index < -0.39 is 52.7 Å². The number of hydrogen-bond donors (Lipinski definition) is 1. The van der Waals surface area contributed by atoms with Crippen molar-refractivity contribution in [1.82, 2.24) is 9.80 Å². The van der Waals surface area contributed by atoms with E-state index in [0.29, 0.717) is 21.9 Å². The summed E-state index contributed by atoms with van der Waals surface area (Å²) in [4.78, 5) is 59.6.